The zero-order valence-electron chi connectivity index (χ0n) is 18.4. The van der Waals surface area contributed by atoms with Crippen molar-refractivity contribution >= 4 is 11.0 Å². The molecule has 0 saturated carbocycles. The second-order valence-corrected chi connectivity index (χ2v) is 8.18. The molecule has 0 amide bonds. The lowest BCUT2D eigenvalue weighted by molar-refractivity contribution is 0.529. The summed E-state index contributed by atoms with van der Waals surface area (Å²) in [6.45, 7) is 2.29. The Bertz CT molecular complexity index is 593. The van der Waals surface area contributed by atoms with E-state index >= 15 is 0 Å². The lowest BCUT2D eigenvalue weighted by Gasteiger charge is -2.04. The van der Waals surface area contributed by atoms with E-state index in [1.54, 1.807) is 0 Å². The molecule has 0 fully saturated rings. The molecule has 2 rings (SSSR count). The minimum atomic E-state index is 0. The first kappa shape index (κ1) is 24.6. The molecule has 0 bridgehead atoms. The molecular weight excluding hydrogens is 344 g/mol. The van der Waals surface area contributed by atoms with E-state index in [1.165, 1.54) is 108 Å². The molecule has 0 atom stereocenters. The number of hydrogen-bond donors (Lipinski definition) is 2. The largest absolute Gasteiger partial charge is 0.344 e. The predicted octanol–water partition coefficient (Wildman–Crippen LogP) is 7.92. The Balaban J connectivity index is 0.00000392. The van der Waals surface area contributed by atoms with Crippen LogP contribution in [0, 0.1) is 0 Å². The molecule has 160 valence electrons. The van der Waals surface area contributed by atoms with Crippen molar-refractivity contribution in [2.45, 2.75) is 116 Å². The fourth-order valence-corrected chi connectivity index (χ4v) is 3.99. The lowest BCUT2D eigenvalue weighted by Crippen LogP contribution is -1.88. The number of unbranched alkanes of at least 4 members (excludes halogenated alkanes) is 15. The zero-order valence-corrected chi connectivity index (χ0v) is 18.4. The smallest absolute Gasteiger partial charge is 0.116 e. The normalized spacial score (nSPS) is 11.0. The fourth-order valence-electron chi connectivity index (χ4n) is 3.99. The summed E-state index contributed by atoms with van der Waals surface area (Å²) in [4.78, 5) is 0. The van der Waals surface area contributed by atoms with Crippen LogP contribution < -0.4 is 6.15 Å². The number of rotatable bonds is 17. The molecule has 1 heterocycles. The third-order valence-corrected chi connectivity index (χ3v) is 5.74. The molecule has 0 spiro atoms. The van der Waals surface area contributed by atoms with E-state index in [4.69, 9.17) is 0 Å². The van der Waals surface area contributed by atoms with Crippen LogP contribution in [0.2, 0.25) is 0 Å². The van der Waals surface area contributed by atoms with Gasteiger partial charge in [-0.1, -0.05) is 121 Å². The third kappa shape index (κ3) is 10.2. The van der Waals surface area contributed by atoms with Gasteiger partial charge in [-0.05, 0) is 24.5 Å². The van der Waals surface area contributed by atoms with Gasteiger partial charge >= 0.3 is 0 Å². The number of H-pyrrole nitrogens is 1. The number of aromatic nitrogens is 3. The molecule has 0 saturated heterocycles. The molecular formula is C24H44N4. The van der Waals surface area contributed by atoms with Gasteiger partial charge in [0.1, 0.15) is 5.52 Å². The highest BCUT2D eigenvalue weighted by Crippen LogP contribution is 2.17. The van der Waals surface area contributed by atoms with Gasteiger partial charge in [0.25, 0.3) is 0 Å². The number of nitrogens with zero attached hydrogens (tertiary/aromatic N) is 2. The first-order valence-electron chi connectivity index (χ1n) is 11.7. The molecule has 0 radical (unpaired) electrons. The highest BCUT2D eigenvalue weighted by molar-refractivity contribution is 5.77. The van der Waals surface area contributed by atoms with Crippen LogP contribution in [0.25, 0.3) is 11.0 Å². The van der Waals surface area contributed by atoms with Gasteiger partial charge < -0.3 is 6.15 Å². The van der Waals surface area contributed by atoms with Crippen LogP contribution >= 0.6 is 0 Å². The van der Waals surface area contributed by atoms with Gasteiger partial charge in [0.2, 0.25) is 0 Å². The molecule has 0 aliphatic rings. The highest BCUT2D eigenvalue weighted by atomic mass is 15.3. The van der Waals surface area contributed by atoms with Crippen molar-refractivity contribution in [2.75, 3.05) is 0 Å². The van der Waals surface area contributed by atoms with Crippen LogP contribution in [0.5, 0.6) is 0 Å². The van der Waals surface area contributed by atoms with Crippen LogP contribution in [0.3, 0.4) is 0 Å². The van der Waals surface area contributed by atoms with Gasteiger partial charge in [0, 0.05) is 0 Å². The van der Waals surface area contributed by atoms with E-state index in [9.17, 15) is 0 Å². The second-order valence-electron chi connectivity index (χ2n) is 8.18. The topological polar surface area (TPSA) is 76.6 Å². The molecule has 0 aliphatic heterocycles. The van der Waals surface area contributed by atoms with Crippen molar-refractivity contribution in [3.8, 4) is 0 Å². The summed E-state index contributed by atoms with van der Waals surface area (Å²) >= 11 is 0. The predicted molar refractivity (Wildman–Crippen MR) is 122 cm³/mol. The molecule has 1 aromatic heterocycles. The summed E-state index contributed by atoms with van der Waals surface area (Å²) in [7, 11) is 0. The van der Waals surface area contributed by atoms with Crippen molar-refractivity contribution in [1.82, 2.24) is 21.6 Å². The van der Waals surface area contributed by atoms with Crippen molar-refractivity contribution in [3.05, 3.63) is 23.8 Å². The van der Waals surface area contributed by atoms with E-state index in [2.05, 4.69) is 34.5 Å². The maximum atomic E-state index is 4.21. The van der Waals surface area contributed by atoms with Gasteiger partial charge in [-0.25, -0.2) is 0 Å². The highest BCUT2D eigenvalue weighted by Gasteiger charge is 2.03. The first-order valence-corrected chi connectivity index (χ1v) is 11.7. The minimum absolute atomic E-state index is 0. The van der Waals surface area contributed by atoms with Gasteiger partial charge in [0.15, 0.2) is 0 Å². The molecule has 0 unspecified atom stereocenters. The molecule has 2 aromatic rings. The van der Waals surface area contributed by atoms with E-state index in [0.29, 0.717) is 0 Å². The molecule has 0 aliphatic carbocycles. The van der Waals surface area contributed by atoms with Crippen LogP contribution in [0.4, 0.5) is 0 Å². The quantitative estimate of drug-likeness (QED) is 0.270. The van der Waals surface area contributed by atoms with Crippen molar-refractivity contribution in [2.24, 2.45) is 0 Å². The van der Waals surface area contributed by atoms with Gasteiger partial charge in [-0.3, -0.25) is 5.10 Å². The number of hydrogen-bond acceptors (Lipinski definition) is 3. The Labute approximate surface area is 172 Å². The average Bonchev–Trinajstić information content (AvgIpc) is 3.17. The van der Waals surface area contributed by atoms with Crippen LogP contribution in [0.1, 0.15) is 115 Å². The number of benzene rings is 1. The van der Waals surface area contributed by atoms with E-state index in [1.807, 2.05) is 6.07 Å². The third-order valence-electron chi connectivity index (χ3n) is 5.74. The maximum Gasteiger partial charge on any atom is 0.116 e. The Hall–Kier alpha value is -1.42. The summed E-state index contributed by atoms with van der Waals surface area (Å²) < 4.78 is 0. The molecule has 4 nitrogen and oxygen atoms in total. The molecule has 28 heavy (non-hydrogen) atoms. The number of fused-ring (bicyclic) bond motifs is 1. The fraction of sp³-hybridized carbons (Fsp3) is 0.750. The van der Waals surface area contributed by atoms with Gasteiger partial charge in [-0.2, -0.15) is 0 Å². The second kappa shape index (κ2) is 16.5. The van der Waals surface area contributed by atoms with E-state index in [-0.39, 0.29) is 6.15 Å². The Kier molecular flexibility index (Phi) is 14.5. The summed E-state index contributed by atoms with van der Waals surface area (Å²) in [5.74, 6) is 0. The Morgan fingerprint density at radius 2 is 1.18 bits per heavy atom. The van der Waals surface area contributed by atoms with Crippen molar-refractivity contribution < 1.29 is 0 Å². The number of aryl methyl sites for hydroxylation is 1. The zero-order chi connectivity index (χ0) is 19.0. The average molecular weight is 389 g/mol. The van der Waals surface area contributed by atoms with Crippen LogP contribution in [0.15, 0.2) is 18.2 Å². The van der Waals surface area contributed by atoms with Crippen LogP contribution in [-0.2, 0) is 6.42 Å². The monoisotopic (exact) mass is 388 g/mol. The molecule has 4 N–H and O–H groups in total. The summed E-state index contributed by atoms with van der Waals surface area (Å²) in [6, 6.07) is 6.34. The summed E-state index contributed by atoms with van der Waals surface area (Å²) in [5.41, 5.74) is 3.45. The molecule has 1 aromatic carbocycles. The standard InChI is InChI=1S/C24H41N3.H3N/c1-2-3-4-5-6-7-8-9-10-11-12-13-14-15-16-17-19-22-20-18-21-23-24(22)26-27-25-23;/h18,20-21H,2-17,19H2,1H3,(H,25,26,27);1H3. The van der Waals surface area contributed by atoms with Gasteiger partial charge in [0.05, 0.1) is 5.52 Å². The number of nitrogens with one attached hydrogen (secondary N) is 1. The maximum absolute atomic E-state index is 4.21. The van der Waals surface area contributed by atoms with Crippen LogP contribution in [-0.4, -0.2) is 15.4 Å². The summed E-state index contributed by atoms with van der Waals surface area (Å²) in [5, 5.41) is 11.1. The Morgan fingerprint density at radius 1 is 0.679 bits per heavy atom. The van der Waals surface area contributed by atoms with Gasteiger partial charge in [-0.15, -0.1) is 5.10 Å². The first-order chi connectivity index (χ1) is 13.4. The minimum Gasteiger partial charge on any atom is -0.344 e. The summed E-state index contributed by atoms with van der Waals surface area (Å²) in [6.07, 6.45) is 23.8. The van der Waals surface area contributed by atoms with Crippen molar-refractivity contribution in [3.63, 3.8) is 0 Å². The number of aromatic amines is 1. The van der Waals surface area contributed by atoms with E-state index in [0.717, 1.165) is 17.5 Å². The van der Waals surface area contributed by atoms with E-state index < -0.39 is 0 Å². The lowest BCUT2D eigenvalue weighted by atomic mass is 10.0. The Morgan fingerprint density at radius 3 is 1.71 bits per heavy atom. The molecule has 4 heteroatoms. The SMILES string of the molecule is CCCCCCCCCCCCCCCCCCc1cccc2[nH]nnc12.N. The van der Waals surface area contributed by atoms with Crippen molar-refractivity contribution in [1.29, 1.82) is 0 Å².